The van der Waals surface area contributed by atoms with Gasteiger partial charge in [-0.15, -0.1) is 0 Å². The molecule has 1 aliphatic rings. The average molecular weight is 270 g/mol. The summed E-state index contributed by atoms with van der Waals surface area (Å²) in [4.78, 5) is 23.1. The van der Waals surface area contributed by atoms with Gasteiger partial charge in [-0.25, -0.2) is 4.63 Å². The Hall–Kier alpha value is -2.16. The highest BCUT2D eigenvalue weighted by molar-refractivity contribution is 5.96. The number of hydrogen-bond acceptors (Lipinski definition) is 7. The van der Waals surface area contributed by atoms with E-state index in [1.165, 1.54) is 0 Å². The van der Waals surface area contributed by atoms with Crippen molar-refractivity contribution in [2.75, 3.05) is 25.5 Å². The molecule has 0 atom stereocenters. The number of hydrogen-bond donors (Lipinski definition) is 3. The molecule has 0 aliphatic carbocycles. The first-order valence-electron chi connectivity index (χ1n) is 5.72. The summed E-state index contributed by atoms with van der Waals surface area (Å²) in [5.74, 6) is -1.69. The first kappa shape index (κ1) is 13.3. The van der Waals surface area contributed by atoms with Gasteiger partial charge in [-0.3, -0.25) is 9.59 Å². The summed E-state index contributed by atoms with van der Waals surface area (Å²) >= 11 is 0. The number of nitrogens with one attached hydrogen (secondary N) is 1. The number of nitrogens with zero attached hydrogens (tertiary/aromatic N) is 2. The summed E-state index contributed by atoms with van der Waals surface area (Å²) in [5.41, 5.74) is 4.22. The maximum Gasteiger partial charge on any atom is 0.311 e. The van der Waals surface area contributed by atoms with Crippen LogP contribution < -0.4 is 11.1 Å². The normalized spacial score (nSPS) is 17.9. The molecule has 1 aromatic heterocycles. The predicted molar refractivity (Wildman–Crippen MR) is 61.2 cm³/mol. The highest BCUT2D eigenvalue weighted by atomic mass is 16.6. The average Bonchev–Trinajstić information content (AvgIpc) is 2.83. The minimum atomic E-state index is -1.01. The first-order valence-corrected chi connectivity index (χ1v) is 5.72. The molecule has 2 heterocycles. The monoisotopic (exact) mass is 270 g/mol. The number of carbonyl (C=O) groups excluding carboxylic acids is 1. The lowest BCUT2D eigenvalue weighted by molar-refractivity contribution is -0.154. The summed E-state index contributed by atoms with van der Waals surface area (Å²) in [6.07, 6.45) is 0.685. The second-order valence-electron chi connectivity index (χ2n) is 4.38. The van der Waals surface area contributed by atoms with Crippen molar-refractivity contribution in [3.05, 3.63) is 5.69 Å². The molecule has 1 aliphatic heterocycles. The Morgan fingerprint density at radius 2 is 2.05 bits per heavy atom. The molecule has 1 saturated heterocycles. The lowest BCUT2D eigenvalue weighted by Gasteiger charge is -2.32. The summed E-state index contributed by atoms with van der Waals surface area (Å²) in [7, 11) is 0. The number of carbonyl (C=O) groups is 2. The number of amides is 1. The molecule has 0 spiro atoms. The van der Waals surface area contributed by atoms with E-state index in [-0.39, 0.29) is 18.1 Å². The number of ether oxygens (including phenoxy) is 1. The van der Waals surface area contributed by atoms with E-state index in [0.717, 1.165) is 0 Å². The van der Waals surface area contributed by atoms with Gasteiger partial charge in [0.15, 0.2) is 0 Å². The van der Waals surface area contributed by atoms with Crippen molar-refractivity contribution in [2.24, 2.45) is 5.41 Å². The molecule has 9 nitrogen and oxygen atoms in total. The number of rotatable bonds is 4. The summed E-state index contributed by atoms with van der Waals surface area (Å²) < 4.78 is 9.45. The molecule has 0 saturated carbocycles. The Kier molecular flexibility index (Phi) is 3.65. The van der Waals surface area contributed by atoms with Crippen LogP contribution in [0.15, 0.2) is 4.63 Å². The molecule has 1 fully saturated rings. The molecule has 4 N–H and O–H groups in total. The molecule has 19 heavy (non-hydrogen) atoms. The first-order chi connectivity index (χ1) is 9.05. The van der Waals surface area contributed by atoms with Gasteiger partial charge in [-0.1, -0.05) is 0 Å². The SMILES string of the molecule is Nc1nonc1C(=O)NCC1(C(=O)O)CCOCC1. The van der Waals surface area contributed by atoms with Crippen LogP contribution in [-0.2, 0) is 9.53 Å². The Morgan fingerprint density at radius 1 is 1.37 bits per heavy atom. The molecular weight excluding hydrogens is 256 g/mol. The molecule has 104 valence electrons. The van der Waals surface area contributed by atoms with Crippen LogP contribution in [0.5, 0.6) is 0 Å². The maximum atomic E-state index is 11.8. The van der Waals surface area contributed by atoms with Crippen molar-refractivity contribution >= 4 is 17.7 Å². The molecule has 0 radical (unpaired) electrons. The van der Waals surface area contributed by atoms with Gasteiger partial charge in [0, 0.05) is 19.8 Å². The van der Waals surface area contributed by atoms with Crippen LogP contribution >= 0.6 is 0 Å². The topological polar surface area (TPSA) is 141 Å². The molecule has 2 rings (SSSR count). The van der Waals surface area contributed by atoms with Gasteiger partial charge in [0.1, 0.15) is 0 Å². The van der Waals surface area contributed by atoms with Crippen molar-refractivity contribution in [3.8, 4) is 0 Å². The summed E-state index contributed by atoms with van der Waals surface area (Å²) in [5, 5.41) is 18.4. The second kappa shape index (κ2) is 5.22. The zero-order chi connectivity index (χ0) is 13.9. The Morgan fingerprint density at radius 3 is 2.58 bits per heavy atom. The predicted octanol–water partition coefficient (Wildman–Crippen LogP) is -0.737. The van der Waals surface area contributed by atoms with Gasteiger partial charge in [-0.05, 0) is 23.2 Å². The van der Waals surface area contributed by atoms with Crippen LogP contribution in [0.25, 0.3) is 0 Å². The van der Waals surface area contributed by atoms with Crippen molar-refractivity contribution in [1.82, 2.24) is 15.6 Å². The van der Waals surface area contributed by atoms with Crippen molar-refractivity contribution in [3.63, 3.8) is 0 Å². The molecule has 1 aromatic rings. The lowest BCUT2D eigenvalue weighted by atomic mass is 9.80. The van der Waals surface area contributed by atoms with Crippen molar-refractivity contribution < 1.29 is 24.1 Å². The summed E-state index contributed by atoms with van der Waals surface area (Å²) in [6, 6.07) is 0. The van der Waals surface area contributed by atoms with Gasteiger partial charge in [0.2, 0.25) is 11.5 Å². The van der Waals surface area contributed by atoms with E-state index in [4.69, 9.17) is 10.5 Å². The third-order valence-electron chi connectivity index (χ3n) is 3.22. The molecule has 1 amide bonds. The van der Waals surface area contributed by atoms with Crippen LogP contribution in [0.3, 0.4) is 0 Å². The molecule has 0 aromatic carbocycles. The summed E-state index contributed by atoms with van der Waals surface area (Å²) in [6.45, 7) is 0.697. The highest BCUT2D eigenvalue weighted by Gasteiger charge is 2.40. The van der Waals surface area contributed by atoms with Crippen molar-refractivity contribution in [1.29, 1.82) is 0 Å². The van der Waals surface area contributed by atoms with E-state index in [1.807, 2.05) is 0 Å². The van der Waals surface area contributed by atoms with Gasteiger partial charge in [0.25, 0.3) is 5.91 Å². The highest BCUT2D eigenvalue weighted by Crippen LogP contribution is 2.30. The van der Waals surface area contributed by atoms with E-state index in [1.54, 1.807) is 0 Å². The third-order valence-corrected chi connectivity index (χ3v) is 3.22. The molecule has 0 unspecified atom stereocenters. The fourth-order valence-electron chi connectivity index (χ4n) is 1.91. The number of aromatic nitrogens is 2. The van der Waals surface area contributed by atoms with E-state index in [2.05, 4.69) is 20.3 Å². The van der Waals surface area contributed by atoms with E-state index in [9.17, 15) is 14.7 Å². The van der Waals surface area contributed by atoms with Crippen LogP contribution in [0.4, 0.5) is 5.82 Å². The lowest BCUT2D eigenvalue weighted by Crippen LogP contribution is -2.46. The third kappa shape index (κ3) is 2.65. The zero-order valence-corrected chi connectivity index (χ0v) is 10.1. The van der Waals surface area contributed by atoms with Crippen LogP contribution in [0, 0.1) is 5.41 Å². The number of carboxylic acids is 1. The maximum absolute atomic E-state index is 11.8. The molecule has 9 heteroatoms. The minimum Gasteiger partial charge on any atom is -0.481 e. The van der Waals surface area contributed by atoms with Crippen LogP contribution in [0.1, 0.15) is 23.3 Å². The van der Waals surface area contributed by atoms with E-state index in [0.29, 0.717) is 26.1 Å². The zero-order valence-electron chi connectivity index (χ0n) is 10.1. The Balaban J connectivity index is 2.02. The van der Waals surface area contributed by atoms with Gasteiger partial charge >= 0.3 is 5.97 Å². The Bertz CT molecular complexity index is 480. The van der Waals surface area contributed by atoms with Crippen LogP contribution in [-0.4, -0.2) is 47.1 Å². The van der Waals surface area contributed by atoms with Crippen LogP contribution in [0.2, 0.25) is 0 Å². The van der Waals surface area contributed by atoms with Gasteiger partial charge in [-0.2, -0.15) is 0 Å². The second-order valence-corrected chi connectivity index (χ2v) is 4.38. The smallest absolute Gasteiger partial charge is 0.311 e. The minimum absolute atomic E-state index is 0.0170. The molecular formula is C10H14N4O5. The fourth-order valence-corrected chi connectivity index (χ4v) is 1.91. The fraction of sp³-hybridized carbons (Fsp3) is 0.600. The largest absolute Gasteiger partial charge is 0.481 e. The molecule has 0 bridgehead atoms. The van der Waals surface area contributed by atoms with Crippen molar-refractivity contribution in [2.45, 2.75) is 12.8 Å². The van der Waals surface area contributed by atoms with Gasteiger partial charge < -0.3 is 20.9 Å². The standard InChI is InChI=1S/C10H14N4O5/c11-7-6(13-19-14-7)8(15)12-5-10(9(16)17)1-3-18-4-2-10/h1-5H2,(H2,11,14)(H,12,15)(H,16,17). The quantitative estimate of drug-likeness (QED) is 0.649. The Labute approximate surface area is 108 Å². The van der Waals surface area contributed by atoms with E-state index < -0.39 is 17.3 Å². The van der Waals surface area contributed by atoms with E-state index >= 15 is 0 Å². The number of aliphatic carboxylic acids is 1. The number of anilines is 1. The number of carboxylic acid groups (broad SMARTS) is 1. The number of nitrogens with two attached hydrogens (primary N) is 1. The van der Waals surface area contributed by atoms with Gasteiger partial charge in [0.05, 0.1) is 5.41 Å². The number of nitrogen functional groups attached to an aromatic ring is 1.